The van der Waals surface area contributed by atoms with Gasteiger partial charge in [-0.3, -0.25) is 9.59 Å². The molecule has 5 nitrogen and oxygen atoms in total. The highest BCUT2D eigenvalue weighted by molar-refractivity contribution is 6.30. The number of piperazine rings is 1. The lowest BCUT2D eigenvalue weighted by Crippen LogP contribution is -2.57. The van der Waals surface area contributed by atoms with Gasteiger partial charge in [-0.25, -0.2) is 0 Å². The molecule has 1 atom stereocenters. The van der Waals surface area contributed by atoms with E-state index in [9.17, 15) is 9.59 Å². The fraction of sp³-hybridized carbons (Fsp3) is 0.556. The Labute approximate surface area is 148 Å². The molecule has 1 fully saturated rings. The number of hydrogen-bond donors (Lipinski definition) is 0. The maximum Gasteiger partial charge on any atom is 0.246 e. The molecule has 0 N–H and O–H groups in total. The normalized spacial score (nSPS) is 18.1. The standard InChI is InChI=1S/C18H25ClN2O3/c1-14-12-21(16-8-6-7-15(19)11-16)18(23)13-20(14)17(22)9-4-3-5-10-24-2/h6-8,11,14H,3-5,9-10,12-13H2,1-2H3/t14-/m0/s1. The molecule has 1 aliphatic heterocycles. The van der Waals surface area contributed by atoms with Gasteiger partial charge < -0.3 is 14.5 Å². The Morgan fingerprint density at radius 2 is 2.12 bits per heavy atom. The number of benzene rings is 1. The van der Waals surface area contributed by atoms with E-state index in [0.29, 0.717) is 18.0 Å². The van der Waals surface area contributed by atoms with Crippen molar-refractivity contribution in [2.45, 2.75) is 38.6 Å². The average molecular weight is 353 g/mol. The minimum Gasteiger partial charge on any atom is -0.385 e. The number of ether oxygens (including phenoxy) is 1. The first-order chi connectivity index (χ1) is 11.5. The summed E-state index contributed by atoms with van der Waals surface area (Å²) >= 11 is 6.01. The summed E-state index contributed by atoms with van der Waals surface area (Å²) in [6, 6.07) is 7.24. The molecular formula is C18H25ClN2O3. The molecule has 0 spiro atoms. The van der Waals surface area contributed by atoms with Gasteiger partial charge in [0.2, 0.25) is 11.8 Å². The van der Waals surface area contributed by atoms with Crippen LogP contribution in [0.3, 0.4) is 0 Å². The third kappa shape index (κ3) is 4.95. The summed E-state index contributed by atoms with van der Waals surface area (Å²) in [5.74, 6) is -0.0119. The van der Waals surface area contributed by atoms with Gasteiger partial charge in [0.15, 0.2) is 0 Å². The lowest BCUT2D eigenvalue weighted by atomic mass is 10.1. The van der Waals surface area contributed by atoms with E-state index in [2.05, 4.69) is 0 Å². The lowest BCUT2D eigenvalue weighted by molar-refractivity contribution is -0.139. The van der Waals surface area contributed by atoms with Crippen LogP contribution in [0.25, 0.3) is 0 Å². The van der Waals surface area contributed by atoms with Gasteiger partial charge in [-0.05, 0) is 38.0 Å². The van der Waals surface area contributed by atoms with Crippen molar-refractivity contribution in [3.63, 3.8) is 0 Å². The third-order valence-corrected chi connectivity index (χ3v) is 4.50. The first kappa shape index (κ1) is 18.7. The molecule has 1 aliphatic rings. The molecule has 132 valence electrons. The van der Waals surface area contributed by atoms with Gasteiger partial charge in [-0.1, -0.05) is 24.1 Å². The van der Waals surface area contributed by atoms with Gasteiger partial charge in [0.05, 0.1) is 0 Å². The third-order valence-electron chi connectivity index (χ3n) is 4.26. The topological polar surface area (TPSA) is 49.9 Å². The smallest absolute Gasteiger partial charge is 0.246 e. The van der Waals surface area contributed by atoms with Crippen molar-refractivity contribution >= 4 is 29.1 Å². The maximum atomic E-state index is 12.5. The monoisotopic (exact) mass is 352 g/mol. The second kappa shape index (κ2) is 9.04. The van der Waals surface area contributed by atoms with E-state index in [4.69, 9.17) is 16.3 Å². The molecule has 0 radical (unpaired) electrons. The number of halogens is 1. The Balaban J connectivity index is 1.90. The molecule has 0 bridgehead atoms. The van der Waals surface area contributed by atoms with Gasteiger partial charge in [-0.2, -0.15) is 0 Å². The van der Waals surface area contributed by atoms with Crippen LogP contribution in [0.5, 0.6) is 0 Å². The Morgan fingerprint density at radius 1 is 1.33 bits per heavy atom. The minimum absolute atomic E-state index is 0.00634. The van der Waals surface area contributed by atoms with Crippen molar-refractivity contribution in [1.29, 1.82) is 0 Å². The largest absolute Gasteiger partial charge is 0.385 e. The number of methoxy groups -OCH3 is 1. The van der Waals surface area contributed by atoms with E-state index in [1.807, 2.05) is 19.1 Å². The molecule has 24 heavy (non-hydrogen) atoms. The van der Waals surface area contributed by atoms with Crippen molar-refractivity contribution < 1.29 is 14.3 Å². The number of unbranched alkanes of at least 4 members (excludes halogenated alkanes) is 2. The molecule has 1 heterocycles. The fourth-order valence-electron chi connectivity index (χ4n) is 2.92. The molecule has 1 aromatic carbocycles. The second-order valence-electron chi connectivity index (χ2n) is 6.16. The van der Waals surface area contributed by atoms with E-state index in [-0.39, 0.29) is 24.4 Å². The van der Waals surface area contributed by atoms with E-state index in [1.165, 1.54) is 0 Å². The van der Waals surface area contributed by atoms with Crippen LogP contribution in [0, 0.1) is 0 Å². The van der Waals surface area contributed by atoms with Crippen LogP contribution >= 0.6 is 11.6 Å². The minimum atomic E-state index is -0.0666. The molecule has 2 amide bonds. The second-order valence-corrected chi connectivity index (χ2v) is 6.59. The van der Waals surface area contributed by atoms with Crippen LogP contribution in [0.2, 0.25) is 5.02 Å². The molecule has 1 aromatic rings. The molecular weight excluding hydrogens is 328 g/mol. The number of anilines is 1. The SMILES string of the molecule is COCCCCCC(=O)N1CC(=O)N(c2cccc(Cl)c2)C[C@@H]1C. The predicted molar refractivity (Wildman–Crippen MR) is 95.3 cm³/mol. The highest BCUT2D eigenvalue weighted by atomic mass is 35.5. The number of hydrogen-bond acceptors (Lipinski definition) is 3. The van der Waals surface area contributed by atoms with Gasteiger partial charge in [0.1, 0.15) is 6.54 Å². The molecule has 2 rings (SSSR count). The van der Waals surface area contributed by atoms with Crippen LogP contribution in [0.1, 0.15) is 32.6 Å². The van der Waals surface area contributed by atoms with Crippen LogP contribution in [-0.4, -0.2) is 49.6 Å². The number of carbonyl (C=O) groups is 2. The molecule has 6 heteroatoms. The van der Waals surface area contributed by atoms with E-state index >= 15 is 0 Å². The first-order valence-corrected chi connectivity index (χ1v) is 8.75. The molecule has 0 saturated carbocycles. The Kier molecular flexibility index (Phi) is 7.06. The summed E-state index contributed by atoms with van der Waals surface area (Å²) in [5.41, 5.74) is 0.783. The van der Waals surface area contributed by atoms with E-state index < -0.39 is 0 Å². The number of rotatable bonds is 7. The number of carbonyl (C=O) groups excluding carboxylic acids is 2. The maximum absolute atomic E-state index is 12.5. The summed E-state index contributed by atoms with van der Waals surface area (Å²) < 4.78 is 5.00. The summed E-state index contributed by atoms with van der Waals surface area (Å²) in [5, 5.41) is 0.600. The van der Waals surface area contributed by atoms with Gasteiger partial charge in [0.25, 0.3) is 0 Å². The first-order valence-electron chi connectivity index (χ1n) is 8.37. The van der Waals surface area contributed by atoms with Crippen molar-refractivity contribution in [3.8, 4) is 0 Å². The van der Waals surface area contributed by atoms with Crippen molar-refractivity contribution in [3.05, 3.63) is 29.3 Å². The molecule has 0 unspecified atom stereocenters. The quantitative estimate of drug-likeness (QED) is 0.708. The van der Waals surface area contributed by atoms with Crippen LogP contribution in [0.4, 0.5) is 5.69 Å². The highest BCUT2D eigenvalue weighted by Gasteiger charge is 2.32. The summed E-state index contributed by atoms with van der Waals surface area (Å²) in [6.45, 7) is 3.33. The Hall–Kier alpha value is -1.59. The van der Waals surface area contributed by atoms with Crippen LogP contribution in [-0.2, 0) is 14.3 Å². The van der Waals surface area contributed by atoms with Gasteiger partial charge in [0, 0.05) is 43.4 Å². The molecule has 1 saturated heterocycles. The van der Waals surface area contributed by atoms with Gasteiger partial charge >= 0.3 is 0 Å². The number of amides is 2. The van der Waals surface area contributed by atoms with Crippen molar-refractivity contribution in [2.75, 3.05) is 31.7 Å². The van der Waals surface area contributed by atoms with Crippen LogP contribution in [0.15, 0.2) is 24.3 Å². The average Bonchev–Trinajstić information content (AvgIpc) is 2.56. The summed E-state index contributed by atoms with van der Waals surface area (Å²) in [7, 11) is 1.68. The molecule has 0 aliphatic carbocycles. The van der Waals surface area contributed by atoms with Crippen molar-refractivity contribution in [1.82, 2.24) is 4.90 Å². The van der Waals surface area contributed by atoms with E-state index in [0.717, 1.165) is 31.6 Å². The Morgan fingerprint density at radius 3 is 2.83 bits per heavy atom. The summed E-state index contributed by atoms with van der Waals surface area (Å²) in [4.78, 5) is 28.2. The highest BCUT2D eigenvalue weighted by Crippen LogP contribution is 2.23. The van der Waals surface area contributed by atoms with E-state index in [1.54, 1.807) is 29.0 Å². The zero-order chi connectivity index (χ0) is 17.5. The zero-order valence-corrected chi connectivity index (χ0v) is 15.1. The van der Waals surface area contributed by atoms with Crippen LogP contribution < -0.4 is 4.90 Å². The zero-order valence-electron chi connectivity index (χ0n) is 14.3. The summed E-state index contributed by atoms with van der Waals surface area (Å²) in [6.07, 6.45) is 3.24. The predicted octanol–water partition coefficient (Wildman–Crippen LogP) is 3.11. The fourth-order valence-corrected chi connectivity index (χ4v) is 3.11. The van der Waals surface area contributed by atoms with Crippen molar-refractivity contribution in [2.24, 2.45) is 0 Å². The van der Waals surface area contributed by atoms with Gasteiger partial charge in [-0.15, -0.1) is 0 Å². The number of nitrogens with zero attached hydrogens (tertiary/aromatic N) is 2. The Bertz CT molecular complexity index is 579. The lowest BCUT2D eigenvalue weighted by Gasteiger charge is -2.39. The molecule has 0 aromatic heterocycles.